The highest BCUT2D eigenvalue weighted by Crippen LogP contribution is 2.26. The zero-order valence-electron chi connectivity index (χ0n) is 9.28. The summed E-state index contributed by atoms with van der Waals surface area (Å²) in [6.45, 7) is 2.57. The minimum absolute atomic E-state index is 0.162. The molecule has 90 valence electrons. The third-order valence-corrected chi connectivity index (χ3v) is 2.62. The number of rotatable bonds is 3. The second-order valence-electron chi connectivity index (χ2n) is 3.27. The molecule has 0 fully saturated rings. The molecule has 0 bridgehead atoms. The minimum atomic E-state index is -0.516. The molecule has 17 heavy (non-hydrogen) atoms. The summed E-state index contributed by atoms with van der Waals surface area (Å²) in [6.07, 6.45) is 1.12. The van der Waals surface area contributed by atoms with Crippen molar-refractivity contribution >= 4 is 21.9 Å². The molecular formula is C9H10BrFN6. The average Bonchev–Trinajstić information content (AvgIpc) is 2.62. The number of aryl methyl sites for hydroxylation is 1. The van der Waals surface area contributed by atoms with Gasteiger partial charge >= 0.3 is 0 Å². The van der Waals surface area contributed by atoms with E-state index in [1.165, 1.54) is 4.68 Å². The van der Waals surface area contributed by atoms with Crippen LogP contribution in [0, 0.1) is 5.82 Å². The van der Waals surface area contributed by atoms with E-state index in [-0.39, 0.29) is 5.69 Å². The van der Waals surface area contributed by atoms with Gasteiger partial charge in [-0.15, -0.1) is 5.10 Å². The van der Waals surface area contributed by atoms with E-state index >= 15 is 0 Å². The molecule has 2 aromatic heterocycles. The zero-order chi connectivity index (χ0) is 12.4. The first-order chi connectivity index (χ1) is 8.13. The van der Waals surface area contributed by atoms with E-state index in [1.807, 2.05) is 6.92 Å². The highest BCUT2D eigenvalue weighted by molar-refractivity contribution is 9.10. The van der Waals surface area contributed by atoms with Crippen LogP contribution in [0.5, 0.6) is 0 Å². The van der Waals surface area contributed by atoms with Crippen molar-refractivity contribution in [3.63, 3.8) is 0 Å². The lowest BCUT2D eigenvalue weighted by Gasteiger charge is -2.05. The molecule has 0 aromatic carbocycles. The molecule has 2 aromatic rings. The van der Waals surface area contributed by atoms with Crippen molar-refractivity contribution in [2.24, 2.45) is 7.05 Å². The number of nitrogens with zero attached hydrogens (tertiary/aromatic N) is 5. The molecular weight excluding hydrogens is 291 g/mol. The van der Waals surface area contributed by atoms with Crippen LogP contribution >= 0.6 is 15.9 Å². The summed E-state index contributed by atoms with van der Waals surface area (Å²) in [7, 11) is 1.67. The van der Waals surface area contributed by atoms with E-state index in [9.17, 15) is 4.39 Å². The van der Waals surface area contributed by atoms with Crippen molar-refractivity contribution in [2.75, 3.05) is 11.9 Å². The molecule has 0 atom stereocenters. The van der Waals surface area contributed by atoms with E-state index in [0.717, 1.165) is 6.20 Å². The largest absolute Gasteiger partial charge is 0.354 e. The van der Waals surface area contributed by atoms with Crippen LogP contribution in [0.2, 0.25) is 0 Å². The molecule has 0 unspecified atom stereocenters. The number of aromatic nitrogens is 5. The normalized spacial score (nSPS) is 10.6. The van der Waals surface area contributed by atoms with Gasteiger partial charge in [-0.25, -0.2) is 19.0 Å². The number of halogens is 2. The zero-order valence-corrected chi connectivity index (χ0v) is 10.9. The molecule has 0 amide bonds. The molecule has 0 spiro atoms. The molecule has 0 saturated heterocycles. The summed E-state index contributed by atoms with van der Waals surface area (Å²) in [5.74, 6) is -0.144. The molecule has 0 saturated carbocycles. The molecule has 0 aliphatic heterocycles. The van der Waals surface area contributed by atoms with E-state index < -0.39 is 5.82 Å². The van der Waals surface area contributed by atoms with Gasteiger partial charge in [0.05, 0.1) is 6.20 Å². The Morgan fingerprint density at radius 1 is 1.53 bits per heavy atom. The second kappa shape index (κ2) is 4.74. The molecule has 0 aliphatic carbocycles. The highest BCUT2D eigenvalue weighted by atomic mass is 79.9. The second-order valence-corrected chi connectivity index (χ2v) is 4.02. The lowest BCUT2D eigenvalue weighted by molar-refractivity contribution is 0.614. The SMILES string of the molecule is CCNc1ncc(F)c(-c2c(Br)nnn2C)n1. The molecule has 0 aliphatic rings. The highest BCUT2D eigenvalue weighted by Gasteiger charge is 2.17. The number of hydrogen-bond acceptors (Lipinski definition) is 5. The molecule has 6 nitrogen and oxygen atoms in total. The maximum absolute atomic E-state index is 13.7. The van der Waals surface area contributed by atoms with E-state index in [1.54, 1.807) is 7.05 Å². The third kappa shape index (κ3) is 2.26. The Morgan fingerprint density at radius 2 is 2.29 bits per heavy atom. The summed E-state index contributed by atoms with van der Waals surface area (Å²) in [4.78, 5) is 7.93. The predicted molar refractivity (Wildman–Crippen MR) is 63.9 cm³/mol. The van der Waals surface area contributed by atoms with Crippen molar-refractivity contribution in [1.82, 2.24) is 25.0 Å². The van der Waals surface area contributed by atoms with Gasteiger partial charge in [-0.3, -0.25) is 0 Å². The average molecular weight is 301 g/mol. The monoisotopic (exact) mass is 300 g/mol. The molecule has 1 N–H and O–H groups in total. The van der Waals surface area contributed by atoms with Gasteiger partial charge in [0.1, 0.15) is 11.4 Å². The van der Waals surface area contributed by atoms with Gasteiger partial charge in [0.25, 0.3) is 0 Å². The Balaban J connectivity index is 2.54. The maximum Gasteiger partial charge on any atom is 0.223 e. The Bertz CT molecular complexity index is 521. The van der Waals surface area contributed by atoms with Crippen molar-refractivity contribution in [1.29, 1.82) is 0 Å². The first-order valence-electron chi connectivity index (χ1n) is 4.95. The van der Waals surface area contributed by atoms with Gasteiger partial charge in [-0.2, -0.15) is 0 Å². The summed E-state index contributed by atoms with van der Waals surface area (Å²) < 4.78 is 15.6. The van der Waals surface area contributed by atoms with Gasteiger partial charge in [0.2, 0.25) is 5.95 Å². The van der Waals surface area contributed by atoms with Crippen LogP contribution in [0.1, 0.15) is 6.92 Å². The van der Waals surface area contributed by atoms with Gasteiger partial charge in [0, 0.05) is 13.6 Å². The van der Waals surface area contributed by atoms with E-state index in [0.29, 0.717) is 22.8 Å². The van der Waals surface area contributed by atoms with Crippen LogP contribution in [-0.4, -0.2) is 31.5 Å². The number of hydrogen-bond donors (Lipinski definition) is 1. The van der Waals surface area contributed by atoms with Gasteiger partial charge in [-0.05, 0) is 22.9 Å². The molecule has 2 heterocycles. The van der Waals surface area contributed by atoms with Gasteiger partial charge in [0.15, 0.2) is 10.4 Å². The van der Waals surface area contributed by atoms with E-state index in [4.69, 9.17) is 0 Å². The Kier molecular flexibility index (Phi) is 3.32. The Morgan fingerprint density at radius 3 is 2.88 bits per heavy atom. The smallest absolute Gasteiger partial charge is 0.223 e. The Labute approximate surface area is 105 Å². The fraction of sp³-hybridized carbons (Fsp3) is 0.333. The summed E-state index contributed by atoms with van der Waals surface area (Å²) >= 11 is 3.21. The quantitative estimate of drug-likeness (QED) is 0.932. The fourth-order valence-corrected chi connectivity index (χ4v) is 1.87. The first-order valence-corrected chi connectivity index (χ1v) is 5.74. The van der Waals surface area contributed by atoms with E-state index in [2.05, 4.69) is 41.5 Å². The molecule has 0 radical (unpaired) electrons. The fourth-order valence-electron chi connectivity index (χ4n) is 1.36. The van der Waals surface area contributed by atoms with Crippen LogP contribution in [0.3, 0.4) is 0 Å². The lowest BCUT2D eigenvalue weighted by atomic mass is 10.3. The van der Waals surface area contributed by atoms with Gasteiger partial charge < -0.3 is 5.32 Å². The van der Waals surface area contributed by atoms with Crippen LogP contribution in [0.4, 0.5) is 10.3 Å². The minimum Gasteiger partial charge on any atom is -0.354 e. The Hall–Kier alpha value is -1.57. The third-order valence-electron chi connectivity index (χ3n) is 2.09. The van der Waals surface area contributed by atoms with Crippen LogP contribution in [-0.2, 0) is 7.05 Å². The molecule has 2 rings (SSSR count). The lowest BCUT2D eigenvalue weighted by Crippen LogP contribution is -2.05. The van der Waals surface area contributed by atoms with Crippen molar-refractivity contribution in [3.8, 4) is 11.4 Å². The standard InChI is InChI=1S/C9H10BrFN6/c1-3-12-9-13-4-5(11)6(14-9)7-8(10)15-16-17(7)2/h4H,3H2,1-2H3,(H,12,13,14). The number of anilines is 1. The number of nitrogens with one attached hydrogen (secondary N) is 1. The van der Waals surface area contributed by atoms with Crippen LogP contribution in [0.25, 0.3) is 11.4 Å². The molecule has 8 heteroatoms. The van der Waals surface area contributed by atoms with Crippen LogP contribution in [0.15, 0.2) is 10.8 Å². The van der Waals surface area contributed by atoms with Gasteiger partial charge in [-0.1, -0.05) is 5.21 Å². The summed E-state index contributed by atoms with van der Waals surface area (Å²) in [6, 6.07) is 0. The van der Waals surface area contributed by atoms with Crippen LogP contribution < -0.4 is 5.32 Å². The maximum atomic E-state index is 13.7. The van der Waals surface area contributed by atoms with Crippen molar-refractivity contribution in [3.05, 3.63) is 16.6 Å². The van der Waals surface area contributed by atoms with Crippen molar-refractivity contribution in [2.45, 2.75) is 6.92 Å². The predicted octanol–water partition coefficient (Wildman–Crippen LogP) is 1.61. The first kappa shape index (κ1) is 11.9. The summed E-state index contributed by atoms with van der Waals surface area (Å²) in [5.41, 5.74) is 0.638. The van der Waals surface area contributed by atoms with Crippen molar-refractivity contribution < 1.29 is 4.39 Å². The summed E-state index contributed by atoms with van der Waals surface area (Å²) in [5, 5.41) is 10.5. The topological polar surface area (TPSA) is 68.5 Å².